The Morgan fingerprint density at radius 2 is 0.779 bits per heavy atom. The molecule has 7 amide bonds. The highest BCUT2D eigenvalue weighted by Crippen LogP contribution is 2.35. The molecule has 0 radical (unpaired) electrons. The first-order valence-electron chi connectivity index (χ1n) is 50.6. The number of ether oxygens (including phenoxy) is 4. The summed E-state index contributed by atoms with van der Waals surface area (Å²) in [5.74, 6) is 5.91. The van der Waals surface area contributed by atoms with E-state index in [1.807, 2.05) is 0 Å². The molecule has 0 aromatic heterocycles. The van der Waals surface area contributed by atoms with Crippen LogP contribution in [0.4, 0.5) is 4.79 Å². The second-order valence-corrected chi connectivity index (χ2v) is 47.9. The number of methoxy groups -OCH3 is 1. The van der Waals surface area contributed by atoms with E-state index in [1.165, 1.54) is 51.9 Å². The lowest BCUT2D eigenvalue weighted by atomic mass is 9.84. The van der Waals surface area contributed by atoms with Gasteiger partial charge in [-0.05, 0) is 254 Å². The molecule has 13 rings (SSSR count). The molecule has 29 nitrogen and oxygen atoms in total. The average molecular weight is 1870 g/mol. The van der Waals surface area contributed by atoms with Crippen LogP contribution in [-0.4, -0.2) is 361 Å². The minimum atomic E-state index is -0.326. The second-order valence-electron chi connectivity index (χ2n) is 47.0. The number of hydrogen-bond acceptors (Lipinski definition) is 24. The third kappa shape index (κ3) is 41.1. The molecule has 0 spiro atoms. The van der Waals surface area contributed by atoms with Gasteiger partial charge in [-0.15, -0.1) is 0 Å². The number of Topliss-reactive ketones (excluding diaryl/α,β-unsaturated/α-hetero) is 3. The molecule has 0 aromatic rings. The van der Waals surface area contributed by atoms with Gasteiger partial charge in [0.15, 0.2) is 5.78 Å². The zero-order valence-electron chi connectivity index (χ0n) is 85.9. The maximum Gasteiger partial charge on any atom is 0.289 e. The minimum absolute atomic E-state index is 0.0590. The highest BCUT2D eigenvalue weighted by molar-refractivity contribution is 8.14. The van der Waals surface area contributed by atoms with Crippen molar-refractivity contribution in [2.75, 3.05) is 203 Å². The normalized spacial score (nSPS) is 23.7. The molecule has 2 atom stereocenters. The van der Waals surface area contributed by atoms with Gasteiger partial charge in [-0.25, -0.2) is 0 Å². The van der Waals surface area contributed by atoms with Crippen molar-refractivity contribution in [3.05, 3.63) is 0 Å². The number of nitrogens with zero attached hydrogens (tertiary/aromatic N) is 9. The van der Waals surface area contributed by atoms with Crippen molar-refractivity contribution in [1.29, 1.82) is 0 Å². The third-order valence-corrected chi connectivity index (χ3v) is 29.5. The van der Waals surface area contributed by atoms with E-state index in [0.29, 0.717) is 111 Å². The SMILES string of the molecule is CC(C)(C)N1CC(CCC(=O)CCN2CCCCC2)C1.CC(C)(C)N1CC(CNC(=O)C2CCC(O)CC2)C1.CC(C)(C)N1CC(CNC(=O)C2CCC2)C1.CC(C)(C)N1CC(CNC(=O)C2CCCO2)C1.CC(C)(C)N1CC(CNC(=O)CN2C(=O)CSC2=O)C1.CC(C)(C)N1CC(CNC(=O)[C@@H]2CCC(=O)C2)C1.COCCOCCOCC(=O)CCC1CN(C(C)(C)C)C1. The highest BCUT2D eigenvalue weighted by Gasteiger charge is 2.43. The van der Waals surface area contributed by atoms with Crippen molar-refractivity contribution in [2.45, 2.75) is 325 Å². The molecule has 13 fully saturated rings. The zero-order valence-corrected chi connectivity index (χ0v) is 86.7. The van der Waals surface area contributed by atoms with E-state index < -0.39 is 0 Å². The summed E-state index contributed by atoms with van der Waals surface area (Å²) in [5.41, 5.74) is 1.76. The van der Waals surface area contributed by atoms with E-state index in [2.05, 4.69) is 211 Å². The molecule has 10 aliphatic heterocycles. The molecular weight excluding hydrogens is 1680 g/mol. The summed E-state index contributed by atoms with van der Waals surface area (Å²) in [6, 6.07) is 0. The van der Waals surface area contributed by atoms with Gasteiger partial charge in [0.1, 0.15) is 30.8 Å². The fourth-order valence-corrected chi connectivity index (χ4v) is 18.8. The Labute approximate surface area is 795 Å². The van der Waals surface area contributed by atoms with E-state index in [-0.39, 0.29) is 123 Å². The van der Waals surface area contributed by atoms with Gasteiger partial charge in [0, 0.05) is 263 Å². The summed E-state index contributed by atoms with van der Waals surface area (Å²) in [6.45, 7) is 72.3. The summed E-state index contributed by atoms with van der Waals surface area (Å²) in [7, 11) is 1.64. The highest BCUT2D eigenvalue weighted by atomic mass is 32.2. The number of piperidine rings is 1. The van der Waals surface area contributed by atoms with Crippen LogP contribution in [-0.2, 0) is 62.1 Å². The minimum Gasteiger partial charge on any atom is -0.393 e. The number of amides is 7. The molecule has 3 aliphatic carbocycles. The van der Waals surface area contributed by atoms with Crippen LogP contribution in [0.3, 0.4) is 0 Å². The molecule has 30 heteroatoms. The van der Waals surface area contributed by atoms with Gasteiger partial charge in [-0.1, -0.05) is 24.6 Å². The van der Waals surface area contributed by atoms with Gasteiger partial charge in [0.25, 0.3) is 5.24 Å². The second kappa shape index (κ2) is 53.5. The lowest BCUT2D eigenvalue weighted by molar-refractivity contribution is -0.131. The predicted octanol–water partition coefficient (Wildman–Crippen LogP) is 10.4. The van der Waals surface area contributed by atoms with Gasteiger partial charge in [0.2, 0.25) is 35.4 Å². The largest absolute Gasteiger partial charge is 0.393 e. The molecular formula is C101H184N14O15S. The van der Waals surface area contributed by atoms with Crippen LogP contribution >= 0.6 is 11.8 Å². The van der Waals surface area contributed by atoms with Gasteiger partial charge < -0.3 is 55.5 Å². The van der Waals surface area contributed by atoms with Crippen LogP contribution in [0.15, 0.2) is 0 Å². The lowest BCUT2D eigenvalue weighted by Gasteiger charge is -2.48. The number of rotatable bonds is 33. The number of ketones is 3. The van der Waals surface area contributed by atoms with Gasteiger partial charge in [-0.2, -0.15) is 0 Å². The molecule has 754 valence electrons. The van der Waals surface area contributed by atoms with E-state index in [4.69, 9.17) is 18.9 Å². The summed E-state index contributed by atoms with van der Waals surface area (Å²) < 4.78 is 20.8. The maximum atomic E-state index is 12.0. The number of aliphatic hydroxyl groups excluding tert-OH is 1. The third-order valence-electron chi connectivity index (χ3n) is 28.6. The average Bonchev–Trinajstić information content (AvgIpc) is 1.50. The van der Waals surface area contributed by atoms with Crippen molar-refractivity contribution in [3.8, 4) is 0 Å². The van der Waals surface area contributed by atoms with Crippen molar-refractivity contribution >= 4 is 69.8 Å². The molecule has 10 heterocycles. The van der Waals surface area contributed by atoms with Gasteiger partial charge in [-0.3, -0.25) is 87.1 Å². The number of likely N-dealkylation sites (tertiary alicyclic amines) is 8. The molecule has 6 N–H and O–H groups in total. The zero-order chi connectivity index (χ0) is 96.8. The van der Waals surface area contributed by atoms with E-state index in [1.54, 1.807) is 7.11 Å². The van der Waals surface area contributed by atoms with Crippen LogP contribution < -0.4 is 26.6 Å². The van der Waals surface area contributed by atoms with E-state index >= 15 is 0 Å². The smallest absolute Gasteiger partial charge is 0.289 e. The van der Waals surface area contributed by atoms with Crippen LogP contribution in [0.5, 0.6) is 0 Å². The Kier molecular flexibility index (Phi) is 46.3. The maximum absolute atomic E-state index is 12.0. The number of thioether (sulfide) groups is 1. The lowest BCUT2D eigenvalue weighted by Crippen LogP contribution is -2.58. The molecule has 131 heavy (non-hydrogen) atoms. The van der Waals surface area contributed by atoms with Crippen molar-refractivity contribution < 1.29 is 72.0 Å². The Hall–Kier alpha value is -4.67. The molecule has 0 aromatic carbocycles. The molecule has 3 saturated carbocycles. The quantitative estimate of drug-likeness (QED) is 0.0333. The summed E-state index contributed by atoms with van der Waals surface area (Å²) in [5, 5.41) is 24.1. The van der Waals surface area contributed by atoms with Crippen molar-refractivity contribution in [3.63, 3.8) is 0 Å². The number of aliphatic hydroxyl groups is 1. The van der Waals surface area contributed by atoms with Gasteiger partial charge in [0.05, 0.1) is 38.3 Å². The Morgan fingerprint density at radius 1 is 0.405 bits per heavy atom. The number of carbonyl (C=O) groups is 10. The van der Waals surface area contributed by atoms with Crippen LogP contribution in [0.25, 0.3) is 0 Å². The first kappa shape index (κ1) is 113. The van der Waals surface area contributed by atoms with E-state index in [9.17, 15) is 53.1 Å². The van der Waals surface area contributed by atoms with Gasteiger partial charge >= 0.3 is 0 Å². The number of imide groups is 1. The fourth-order valence-electron chi connectivity index (χ4n) is 18.1. The Bertz CT molecular complexity index is 3460. The van der Waals surface area contributed by atoms with E-state index in [0.717, 1.165) is 224 Å². The predicted molar refractivity (Wildman–Crippen MR) is 522 cm³/mol. The van der Waals surface area contributed by atoms with Crippen LogP contribution in [0, 0.1) is 59.2 Å². The number of carbonyl (C=O) groups excluding carboxylic acids is 10. The van der Waals surface area contributed by atoms with Crippen LogP contribution in [0.2, 0.25) is 0 Å². The fraction of sp³-hybridized carbons (Fsp3) is 0.901. The molecule has 1 unspecified atom stereocenters. The summed E-state index contributed by atoms with van der Waals surface area (Å²) in [6.07, 6.45) is 18.3. The molecule has 10 saturated heterocycles. The van der Waals surface area contributed by atoms with Crippen LogP contribution in [0.1, 0.15) is 274 Å². The Morgan fingerprint density at radius 3 is 1.14 bits per heavy atom. The first-order chi connectivity index (χ1) is 61.3. The number of hydrogen-bond donors (Lipinski definition) is 6. The van der Waals surface area contributed by atoms with Crippen molar-refractivity contribution in [1.82, 2.24) is 70.7 Å². The monoisotopic (exact) mass is 1870 g/mol. The van der Waals surface area contributed by atoms with Crippen molar-refractivity contribution in [2.24, 2.45) is 59.2 Å². The topological polar surface area (TPSA) is 317 Å². The first-order valence-corrected chi connectivity index (χ1v) is 51.6. The molecule has 0 bridgehead atoms. The number of nitrogens with one attached hydrogen (secondary N) is 5. The summed E-state index contributed by atoms with van der Waals surface area (Å²) in [4.78, 5) is 137. The Balaban J connectivity index is 0.000000209. The standard InChI is InChI=1S/C17H32N2O.C16H31NO4.C15H28N2O2.C14H24N2O2.C13H21N3O3S.C13H24N2O2.C13H24N2O/c1-17(2,3)19-13-15(14-19)7-8-16(20)9-12-18-10-5-4-6-11-18;1-16(2,3)17-11-14(12-17)5-6-15(18)13-21-10-9-20-8-7-19-4;1-15(2,3)17-9-11(10-17)8-16-14(19)12-4-6-13(18)7-5-12;1-14(2,3)16-8-10(9-16)7-15-13(18)11-4-5-12(17)6-11;1-13(2,3)15-5-9(6-15)4-14-10(17)7-16-11(18)8-20-12(16)19;1-13(2,3)15-8-10(9-15)7-14-12(16)11-5-4-6-17-11;1-13(2,3)15-8-10(9-15)7-14-12(16)11-5-4-6-11/h15H,4-14H2,1-3H3;14H,5-13H2,1-4H3;11-13,18H,4-10H2,1-3H3,(H,16,19);10-11H,4-9H2,1-3H3,(H,15,18);9H,4-8H2,1-3H3,(H,14,17);10-11H,4-9H2,1-3H3,(H,14,16);10-11H,4-9H2,1-3H3,(H,14,16)/t;;;11-;;;/m...1.../s1. The molecule has 13 aliphatic rings. The summed E-state index contributed by atoms with van der Waals surface area (Å²) >= 11 is 0.949.